The summed E-state index contributed by atoms with van der Waals surface area (Å²) in [6.07, 6.45) is 2.94. The molecule has 0 fully saturated rings. The summed E-state index contributed by atoms with van der Waals surface area (Å²) in [5.41, 5.74) is 4.75. The topological polar surface area (TPSA) is 86.8 Å². The molecular weight excluding hydrogens is 486 g/mol. The van der Waals surface area contributed by atoms with Gasteiger partial charge < -0.3 is 10.2 Å². The lowest BCUT2D eigenvalue weighted by Crippen LogP contribution is -2.50. The lowest BCUT2D eigenvalue weighted by molar-refractivity contribution is -0.141. The SMILES string of the molecule is CC[C@H](C)NC(=O)[C@H](CC)N(Cc1ccc(C)cc1)C(=O)CCCN(c1ccc(C)c(C)c1)S(C)(=O)=O. The molecule has 7 nitrogen and oxygen atoms in total. The number of hydrogen-bond donors (Lipinski definition) is 1. The summed E-state index contributed by atoms with van der Waals surface area (Å²) in [5, 5.41) is 3.02. The number of rotatable bonds is 13. The van der Waals surface area contributed by atoms with Crippen LogP contribution in [-0.4, -0.2) is 50.0 Å². The third-order valence-corrected chi connectivity index (χ3v) is 7.99. The number of benzene rings is 2. The fraction of sp³-hybridized carbons (Fsp3) is 0.517. The van der Waals surface area contributed by atoms with Crippen LogP contribution in [0.5, 0.6) is 0 Å². The number of carbonyl (C=O) groups excluding carboxylic acids is 2. The maximum absolute atomic E-state index is 13.5. The van der Waals surface area contributed by atoms with Crippen molar-refractivity contribution in [3.8, 4) is 0 Å². The van der Waals surface area contributed by atoms with Gasteiger partial charge in [-0.15, -0.1) is 0 Å². The van der Waals surface area contributed by atoms with Crippen molar-refractivity contribution in [3.63, 3.8) is 0 Å². The van der Waals surface area contributed by atoms with E-state index in [0.29, 0.717) is 25.1 Å². The van der Waals surface area contributed by atoms with Crippen LogP contribution in [0, 0.1) is 20.8 Å². The van der Waals surface area contributed by atoms with Crippen molar-refractivity contribution in [1.29, 1.82) is 0 Å². The fourth-order valence-corrected chi connectivity index (χ4v) is 5.09. The average Bonchev–Trinajstić information content (AvgIpc) is 2.83. The predicted molar refractivity (Wildman–Crippen MR) is 151 cm³/mol. The van der Waals surface area contributed by atoms with Crippen molar-refractivity contribution < 1.29 is 18.0 Å². The van der Waals surface area contributed by atoms with Crippen LogP contribution in [0.2, 0.25) is 0 Å². The number of sulfonamides is 1. The van der Waals surface area contributed by atoms with E-state index in [1.807, 2.05) is 77.9 Å². The molecule has 204 valence electrons. The number of nitrogens with one attached hydrogen (secondary N) is 1. The number of hydrogen-bond acceptors (Lipinski definition) is 4. The Balaban J connectivity index is 2.23. The van der Waals surface area contributed by atoms with Gasteiger partial charge in [-0.05, 0) is 75.8 Å². The Kier molecular flexibility index (Phi) is 11.2. The second kappa shape index (κ2) is 13.6. The summed E-state index contributed by atoms with van der Waals surface area (Å²) in [6, 6.07) is 12.9. The van der Waals surface area contributed by atoms with Crippen molar-refractivity contribution in [2.24, 2.45) is 0 Å². The first kappa shape index (κ1) is 30.4. The second-order valence-electron chi connectivity index (χ2n) is 9.96. The van der Waals surface area contributed by atoms with E-state index in [1.54, 1.807) is 11.0 Å². The Morgan fingerprint density at radius 3 is 2.14 bits per heavy atom. The monoisotopic (exact) mass is 529 g/mol. The first-order valence-electron chi connectivity index (χ1n) is 13.1. The van der Waals surface area contributed by atoms with Crippen LogP contribution in [0.1, 0.15) is 68.7 Å². The first-order valence-corrected chi connectivity index (χ1v) is 14.9. The van der Waals surface area contributed by atoms with Crippen LogP contribution >= 0.6 is 0 Å². The lowest BCUT2D eigenvalue weighted by atomic mass is 10.1. The van der Waals surface area contributed by atoms with Crippen molar-refractivity contribution in [3.05, 3.63) is 64.7 Å². The van der Waals surface area contributed by atoms with Crippen LogP contribution < -0.4 is 9.62 Å². The van der Waals surface area contributed by atoms with Crippen LogP contribution in [0.15, 0.2) is 42.5 Å². The number of anilines is 1. The van der Waals surface area contributed by atoms with Gasteiger partial charge in [0.25, 0.3) is 0 Å². The molecule has 0 spiro atoms. The van der Waals surface area contributed by atoms with Gasteiger partial charge in [-0.25, -0.2) is 8.42 Å². The molecule has 0 aliphatic heterocycles. The molecule has 37 heavy (non-hydrogen) atoms. The van der Waals surface area contributed by atoms with Gasteiger partial charge in [0.15, 0.2) is 0 Å². The van der Waals surface area contributed by atoms with E-state index in [0.717, 1.165) is 28.7 Å². The molecule has 2 aromatic carbocycles. The molecule has 2 rings (SSSR count). The summed E-state index contributed by atoms with van der Waals surface area (Å²) < 4.78 is 26.5. The highest BCUT2D eigenvalue weighted by Gasteiger charge is 2.29. The summed E-state index contributed by atoms with van der Waals surface area (Å²) in [4.78, 5) is 28.3. The number of aryl methyl sites for hydroxylation is 3. The Morgan fingerprint density at radius 1 is 0.946 bits per heavy atom. The Bertz CT molecular complexity index is 1160. The summed E-state index contributed by atoms with van der Waals surface area (Å²) >= 11 is 0. The number of amides is 2. The quantitative estimate of drug-likeness (QED) is 0.401. The van der Waals surface area contributed by atoms with Gasteiger partial charge >= 0.3 is 0 Å². The van der Waals surface area contributed by atoms with E-state index in [1.165, 1.54) is 10.6 Å². The molecule has 0 aliphatic carbocycles. The van der Waals surface area contributed by atoms with Gasteiger partial charge in [-0.3, -0.25) is 13.9 Å². The summed E-state index contributed by atoms with van der Waals surface area (Å²) in [6.45, 7) is 12.3. The van der Waals surface area contributed by atoms with Crippen LogP contribution in [0.4, 0.5) is 5.69 Å². The van der Waals surface area contributed by atoms with Gasteiger partial charge in [0, 0.05) is 25.6 Å². The van der Waals surface area contributed by atoms with Gasteiger partial charge in [-0.1, -0.05) is 49.7 Å². The molecule has 0 radical (unpaired) electrons. The zero-order valence-corrected chi connectivity index (χ0v) is 24.2. The van der Waals surface area contributed by atoms with E-state index in [2.05, 4.69) is 5.32 Å². The Morgan fingerprint density at radius 2 is 1.59 bits per heavy atom. The van der Waals surface area contributed by atoms with E-state index < -0.39 is 16.1 Å². The summed E-state index contributed by atoms with van der Waals surface area (Å²) in [7, 11) is -3.52. The minimum atomic E-state index is -3.52. The average molecular weight is 530 g/mol. The molecule has 2 atom stereocenters. The maximum atomic E-state index is 13.5. The first-order chi connectivity index (χ1) is 17.4. The minimum Gasteiger partial charge on any atom is -0.352 e. The molecule has 0 saturated heterocycles. The molecule has 0 aliphatic rings. The third-order valence-electron chi connectivity index (χ3n) is 6.79. The molecule has 2 amide bonds. The molecule has 0 heterocycles. The number of carbonyl (C=O) groups is 2. The minimum absolute atomic E-state index is 0.0131. The molecule has 0 aromatic heterocycles. The fourth-order valence-electron chi connectivity index (χ4n) is 4.14. The van der Waals surface area contributed by atoms with Crippen LogP contribution in [0.3, 0.4) is 0 Å². The smallest absolute Gasteiger partial charge is 0.243 e. The van der Waals surface area contributed by atoms with Gasteiger partial charge in [0.2, 0.25) is 21.8 Å². The standard InChI is InChI=1S/C29H43N3O4S/c1-8-24(6)30-29(34)27(9-2)31(20-25-15-12-21(3)13-16-25)28(33)11-10-18-32(37(7,35)36)26-17-14-22(4)23(5)19-26/h12-17,19,24,27H,8-11,18,20H2,1-7H3,(H,30,34)/t24-,27-/m0/s1. The largest absolute Gasteiger partial charge is 0.352 e. The van der Waals surface area contributed by atoms with Crippen molar-refractivity contribution in [2.75, 3.05) is 17.1 Å². The summed E-state index contributed by atoms with van der Waals surface area (Å²) in [5.74, 6) is -0.328. The molecule has 2 aromatic rings. The highest BCUT2D eigenvalue weighted by Crippen LogP contribution is 2.22. The van der Waals surface area contributed by atoms with Crippen molar-refractivity contribution in [1.82, 2.24) is 10.2 Å². The molecule has 0 saturated carbocycles. The van der Waals surface area contributed by atoms with Crippen molar-refractivity contribution in [2.45, 2.75) is 85.9 Å². The molecule has 8 heteroatoms. The highest BCUT2D eigenvalue weighted by molar-refractivity contribution is 7.92. The number of nitrogens with zero attached hydrogens (tertiary/aromatic N) is 2. The van der Waals surface area contributed by atoms with E-state index in [-0.39, 0.29) is 30.8 Å². The lowest BCUT2D eigenvalue weighted by Gasteiger charge is -2.32. The molecule has 0 unspecified atom stereocenters. The zero-order chi connectivity index (χ0) is 27.8. The van der Waals surface area contributed by atoms with Crippen LogP contribution in [-0.2, 0) is 26.2 Å². The Hall–Kier alpha value is -2.87. The predicted octanol–water partition coefficient (Wildman–Crippen LogP) is 4.88. The van der Waals surface area contributed by atoms with E-state index in [9.17, 15) is 18.0 Å². The molecular formula is C29H43N3O4S. The second-order valence-corrected chi connectivity index (χ2v) is 11.9. The van der Waals surface area contributed by atoms with Gasteiger partial charge in [0.05, 0.1) is 11.9 Å². The van der Waals surface area contributed by atoms with Crippen molar-refractivity contribution >= 4 is 27.5 Å². The maximum Gasteiger partial charge on any atom is 0.243 e. The molecule has 0 bridgehead atoms. The third kappa shape index (κ3) is 8.88. The normalized spacial score (nSPS) is 13.1. The van der Waals surface area contributed by atoms with Gasteiger partial charge in [-0.2, -0.15) is 0 Å². The Labute approximate surface area is 223 Å². The highest BCUT2D eigenvalue weighted by atomic mass is 32.2. The zero-order valence-electron chi connectivity index (χ0n) is 23.4. The van der Waals surface area contributed by atoms with E-state index >= 15 is 0 Å². The van der Waals surface area contributed by atoms with Crippen LogP contribution in [0.25, 0.3) is 0 Å². The van der Waals surface area contributed by atoms with Gasteiger partial charge in [0.1, 0.15) is 6.04 Å². The van der Waals surface area contributed by atoms with E-state index in [4.69, 9.17) is 0 Å². The molecule has 1 N–H and O–H groups in total.